The van der Waals surface area contributed by atoms with Crippen molar-refractivity contribution >= 4 is 33.2 Å². The highest BCUT2D eigenvalue weighted by molar-refractivity contribution is 7.92. The summed E-state index contributed by atoms with van der Waals surface area (Å²) in [6.45, 7) is 1.14. The molecule has 1 aliphatic heterocycles. The molecule has 1 saturated heterocycles. The third-order valence-electron chi connectivity index (χ3n) is 6.93. The Kier molecular flexibility index (Phi) is 7.95. The lowest BCUT2D eigenvalue weighted by molar-refractivity contribution is 0.0707. The highest BCUT2D eigenvalue weighted by Gasteiger charge is 2.28. The Morgan fingerprint density at radius 1 is 0.949 bits per heavy atom. The molecule has 0 aliphatic carbocycles. The predicted octanol–water partition coefficient (Wildman–Crippen LogP) is 6.29. The molecule has 200 valence electrons. The SMILES string of the molecule is O=C(c1ccc(N(Cc2ccc(Cl)cc2)S(=O)(=O)c2ccccc2)cn1)N1CCC(c2cccc(F)c2)CC1. The second-order valence-corrected chi connectivity index (χ2v) is 11.8. The van der Waals surface area contributed by atoms with E-state index in [0.29, 0.717) is 23.8 Å². The zero-order valence-electron chi connectivity index (χ0n) is 21.1. The van der Waals surface area contributed by atoms with Crippen LogP contribution in [0.4, 0.5) is 10.1 Å². The lowest BCUT2D eigenvalue weighted by Gasteiger charge is -2.32. The molecule has 3 aromatic carbocycles. The standard InChI is InChI=1S/C30H27ClFN3O3S/c31-25-11-9-22(10-12-25)21-35(39(37,38)28-7-2-1-3-8-28)27-13-14-29(33-20-27)30(36)34-17-15-23(16-18-34)24-5-4-6-26(32)19-24/h1-14,19-20,23H,15-18,21H2. The number of aromatic nitrogens is 1. The highest BCUT2D eigenvalue weighted by atomic mass is 35.5. The molecule has 0 unspecified atom stereocenters. The van der Waals surface area contributed by atoms with Gasteiger partial charge in [0.25, 0.3) is 15.9 Å². The number of sulfonamides is 1. The van der Waals surface area contributed by atoms with Crippen LogP contribution in [0.2, 0.25) is 5.02 Å². The average molecular weight is 564 g/mol. The summed E-state index contributed by atoms with van der Waals surface area (Å²) in [5.74, 6) is -0.270. The lowest BCUT2D eigenvalue weighted by atomic mass is 9.89. The number of carbonyl (C=O) groups is 1. The van der Waals surface area contributed by atoms with E-state index in [-0.39, 0.29) is 34.8 Å². The fourth-order valence-electron chi connectivity index (χ4n) is 4.79. The minimum absolute atomic E-state index is 0.0664. The molecule has 0 bridgehead atoms. The molecule has 0 radical (unpaired) electrons. The number of pyridine rings is 1. The maximum Gasteiger partial charge on any atom is 0.272 e. The van der Waals surface area contributed by atoms with Crippen LogP contribution in [0.3, 0.4) is 0 Å². The number of carbonyl (C=O) groups excluding carboxylic acids is 1. The van der Waals surface area contributed by atoms with E-state index < -0.39 is 10.0 Å². The van der Waals surface area contributed by atoms with Crippen LogP contribution in [0.25, 0.3) is 0 Å². The molecule has 1 amide bonds. The molecule has 39 heavy (non-hydrogen) atoms. The monoisotopic (exact) mass is 563 g/mol. The van der Waals surface area contributed by atoms with Gasteiger partial charge in [-0.05, 0) is 78.4 Å². The summed E-state index contributed by atoms with van der Waals surface area (Å²) in [7, 11) is -3.91. The van der Waals surface area contributed by atoms with Gasteiger partial charge in [0, 0.05) is 18.1 Å². The maximum atomic E-state index is 13.6. The molecule has 1 fully saturated rings. The van der Waals surface area contributed by atoms with Crippen LogP contribution < -0.4 is 4.31 Å². The maximum absolute atomic E-state index is 13.6. The van der Waals surface area contributed by atoms with Crippen molar-refractivity contribution in [3.05, 3.63) is 125 Å². The summed E-state index contributed by atoms with van der Waals surface area (Å²) in [6, 6.07) is 24.9. The van der Waals surface area contributed by atoms with E-state index in [1.807, 2.05) is 6.07 Å². The molecule has 5 rings (SSSR count). The first-order valence-corrected chi connectivity index (χ1v) is 14.5. The molecule has 2 heterocycles. The Morgan fingerprint density at radius 2 is 1.67 bits per heavy atom. The molecule has 0 spiro atoms. The molecule has 0 saturated carbocycles. The second-order valence-electron chi connectivity index (χ2n) is 9.47. The summed E-state index contributed by atoms with van der Waals surface area (Å²) < 4.78 is 42.1. The fourth-order valence-corrected chi connectivity index (χ4v) is 6.38. The van der Waals surface area contributed by atoms with Gasteiger partial charge in [-0.25, -0.2) is 17.8 Å². The predicted molar refractivity (Wildman–Crippen MR) is 150 cm³/mol. The van der Waals surface area contributed by atoms with Crippen molar-refractivity contribution in [1.82, 2.24) is 9.88 Å². The quantitative estimate of drug-likeness (QED) is 0.265. The molecule has 0 atom stereocenters. The van der Waals surface area contributed by atoms with Crippen LogP contribution in [0.15, 0.2) is 102 Å². The van der Waals surface area contributed by atoms with Crippen molar-refractivity contribution in [2.75, 3.05) is 17.4 Å². The van der Waals surface area contributed by atoms with E-state index in [0.717, 1.165) is 24.0 Å². The molecular formula is C30H27ClFN3O3S. The van der Waals surface area contributed by atoms with E-state index in [1.165, 1.54) is 16.6 Å². The number of halogens is 2. The van der Waals surface area contributed by atoms with Crippen LogP contribution in [0.5, 0.6) is 0 Å². The number of benzene rings is 3. The van der Waals surface area contributed by atoms with Gasteiger partial charge in [-0.2, -0.15) is 0 Å². The van der Waals surface area contributed by atoms with Gasteiger partial charge in [-0.1, -0.05) is 54.1 Å². The summed E-state index contributed by atoms with van der Waals surface area (Å²) in [4.78, 5) is 19.4. The van der Waals surface area contributed by atoms with Crippen molar-refractivity contribution in [2.45, 2.75) is 30.2 Å². The fraction of sp³-hybridized carbons (Fsp3) is 0.200. The first kappa shape index (κ1) is 26.8. The lowest BCUT2D eigenvalue weighted by Crippen LogP contribution is -2.38. The third kappa shape index (κ3) is 6.13. The topological polar surface area (TPSA) is 70.6 Å². The summed E-state index contributed by atoms with van der Waals surface area (Å²) >= 11 is 6.01. The van der Waals surface area contributed by atoms with E-state index in [9.17, 15) is 17.6 Å². The van der Waals surface area contributed by atoms with Gasteiger partial charge in [-0.3, -0.25) is 9.10 Å². The van der Waals surface area contributed by atoms with E-state index >= 15 is 0 Å². The Bertz CT molecular complexity index is 1540. The van der Waals surface area contributed by atoms with Crippen molar-refractivity contribution in [3.8, 4) is 0 Å². The minimum Gasteiger partial charge on any atom is -0.337 e. The van der Waals surface area contributed by atoms with Crippen molar-refractivity contribution < 1.29 is 17.6 Å². The Hall–Kier alpha value is -3.75. The number of hydrogen-bond acceptors (Lipinski definition) is 4. The first-order chi connectivity index (χ1) is 18.8. The van der Waals surface area contributed by atoms with Crippen LogP contribution >= 0.6 is 11.6 Å². The number of anilines is 1. The molecule has 1 aliphatic rings. The van der Waals surface area contributed by atoms with Crippen LogP contribution in [-0.2, 0) is 16.6 Å². The largest absolute Gasteiger partial charge is 0.337 e. The molecule has 4 aromatic rings. The number of piperidine rings is 1. The molecule has 6 nitrogen and oxygen atoms in total. The Balaban J connectivity index is 1.34. The Labute approximate surface area is 232 Å². The second kappa shape index (κ2) is 11.6. The van der Waals surface area contributed by atoms with Crippen molar-refractivity contribution in [1.29, 1.82) is 0 Å². The van der Waals surface area contributed by atoms with Gasteiger partial charge < -0.3 is 4.90 Å². The van der Waals surface area contributed by atoms with Gasteiger partial charge in [0.1, 0.15) is 11.5 Å². The zero-order chi connectivity index (χ0) is 27.4. The molecule has 0 N–H and O–H groups in total. The first-order valence-electron chi connectivity index (χ1n) is 12.6. The molecule has 9 heteroatoms. The summed E-state index contributed by atoms with van der Waals surface area (Å²) in [5, 5.41) is 0.556. The Morgan fingerprint density at radius 3 is 2.31 bits per heavy atom. The van der Waals surface area contributed by atoms with E-state index in [4.69, 9.17) is 11.6 Å². The third-order valence-corrected chi connectivity index (χ3v) is 8.97. The average Bonchev–Trinajstić information content (AvgIpc) is 2.97. The highest BCUT2D eigenvalue weighted by Crippen LogP contribution is 2.30. The van der Waals surface area contributed by atoms with Gasteiger partial charge in [0.05, 0.1) is 23.3 Å². The van der Waals surface area contributed by atoms with E-state index in [1.54, 1.807) is 83.8 Å². The smallest absolute Gasteiger partial charge is 0.272 e. The minimum atomic E-state index is -3.91. The van der Waals surface area contributed by atoms with Gasteiger partial charge in [0.2, 0.25) is 0 Å². The number of nitrogens with zero attached hydrogens (tertiary/aromatic N) is 3. The van der Waals surface area contributed by atoms with Gasteiger partial charge in [0.15, 0.2) is 0 Å². The van der Waals surface area contributed by atoms with Gasteiger partial charge in [-0.15, -0.1) is 0 Å². The molecule has 1 aromatic heterocycles. The summed E-state index contributed by atoms with van der Waals surface area (Å²) in [5.41, 5.74) is 2.28. The van der Waals surface area contributed by atoms with Crippen LogP contribution in [0.1, 0.15) is 40.4 Å². The van der Waals surface area contributed by atoms with Crippen molar-refractivity contribution in [2.24, 2.45) is 0 Å². The number of rotatable bonds is 7. The number of amides is 1. The normalized spacial score (nSPS) is 14.3. The summed E-state index contributed by atoms with van der Waals surface area (Å²) in [6.07, 6.45) is 2.89. The zero-order valence-corrected chi connectivity index (χ0v) is 22.7. The molecular weight excluding hydrogens is 537 g/mol. The van der Waals surface area contributed by atoms with Crippen LogP contribution in [0, 0.1) is 5.82 Å². The number of hydrogen-bond donors (Lipinski definition) is 0. The number of likely N-dealkylation sites (tertiary alicyclic amines) is 1. The van der Waals surface area contributed by atoms with Crippen LogP contribution in [-0.4, -0.2) is 37.3 Å². The van der Waals surface area contributed by atoms with Gasteiger partial charge >= 0.3 is 0 Å². The van der Waals surface area contributed by atoms with E-state index in [2.05, 4.69) is 4.98 Å². The van der Waals surface area contributed by atoms with Crippen molar-refractivity contribution in [3.63, 3.8) is 0 Å².